The van der Waals surface area contributed by atoms with E-state index in [-0.39, 0.29) is 11.5 Å². The van der Waals surface area contributed by atoms with Crippen LogP contribution in [0.4, 0.5) is 0 Å². The molecule has 0 bridgehead atoms. The van der Waals surface area contributed by atoms with Gasteiger partial charge in [-0.2, -0.15) is 0 Å². The molecule has 0 aromatic heterocycles. The number of rotatable bonds is 5. The average molecular weight is 441 g/mol. The first-order valence-corrected chi connectivity index (χ1v) is 13.8. The van der Waals surface area contributed by atoms with Crippen molar-refractivity contribution in [3.8, 4) is 0 Å². The number of carbonyl (C=O) groups is 1. The van der Waals surface area contributed by atoms with Crippen LogP contribution in [0.5, 0.6) is 0 Å². The molecule has 9 atom stereocenters. The van der Waals surface area contributed by atoms with Crippen LogP contribution in [0.3, 0.4) is 0 Å². The molecule has 5 aliphatic rings. The Labute approximate surface area is 197 Å². The van der Waals surface area contributed by atoms with E-state index in [0.717, 1.165) is 48.4 Å². The Balaban J connectivity index is 1.39. The molecule has 0 radical (unpaired) electrons. The summed E-state index contributed by atoms with van der Waals surface area (Å²) < 4.78 is 0. The molecule has 0 unspecified atom stereocenters. The molecule has 180 valence electrons. The monoisotopic (exact) mass is 440 g/mol. The third-order valence-electron chi connectivity index (χ3n) is 13.1. The molecule has 0 aromatic rings. The minimum absolute atomic E-state index is 0.0915. The van der Waals surface area contributed by atoms with E-state index in [1.165, 1.54) is 57.8 Å². The summed E-state index contributed by atoms with van der Waals surface area (Å²) in [4.78, 5) is 11.0. The first-order valence-electron chi connectivity index (χ1n) is 13.8. The molecular weight excluding hydrogens is 392 g/mol. The lowest BCUT2D eigenvalue weighted by molar-refractivity contribution is -0.161. The Morgan fingerprint density at radius 2 is 1.62 bits per heavy atom. The predicted molar refractivity (Wildman–Crippen MR) is 131 cm³/mol. The Bertz CT molecular complexity index is 812. The highest BCUT2D eigenvalue weighted by molar-refractivity contribution is 5.71. The Kier molecular flexibility index (Phi) is 5.20. The van der Waals surface area contributed by atoms with Gasteiger partial charge in [0.05, 0.1) is 6.10 Å². The molecule has 0 aromatic carbocycles. The van der Waals surface area contributed by atoms with Crippen LogP contribution in [0.1, 0.15) is 112 Å². The van der Waals surface area contributed by atoms with Gasteiger partial charge in [0.1, 0.15) is 6.29 Å². The summed E-state index contributed by atoms with van der Waals surface area (Å²) in [7, 11) is 0. The van der Waals surface area contributed by atoms with Gasteiger partial charge in [-0.15, -0.1) is 0 Å². The van der Waals surface area contributed by atoms with E-state index in [2.05, 4.69) is 40.7 Å². The number of hydrogen-bond donors (Lipinski definition) is 1. The highest BCUT2D eigenvalue weighted by Gasteiger charge is 2.82. The SMILES string of the molecule is C/C(C=O)=C\CC[C@@H](C)[C@H]1CC[C@@]2(C)[C@@H]3CC[C@H]4C(C)(C)[C@@H](O)CC[C@@]45C[C@@]35CC[C@]12C. The highest BCUT2D eigenvalue weighted by Crippen LogP contribution is 2.89. The van der Waals surface area contributed by atoms with Gasteiger partial charge in [-0.05, 0) is 134 Å². The van der Waals surface area contributed by atoms with Crippen molar-refractivity contribution in [2.24, 2.45) is 50.7 Å². The van der Waals surface area contributed by atoms with Gasteiger partial charge in [-0.3, -0.25) is 4.79 Å². The van der Waals surface area contributed by atoms with Crippen LogP contribution in [-0.2, 0) is 4.79 Å². The van der Waals surface area contributed by atoms with Crippen LogP contribution in [0.25, 0.3) is 0 Å². The van der Waals surface area contributed by atoms with Crippen molar-refractivity contribution in [3.05, 3.63) is 11.6 Å². The minimum atomic E-state index is -0.106. The van der Waals surface area contributed by atoms with Gasteiger partial charge >= 0.3 is 0 Å². The molecule has 5 fully saturated rings. The summed E-state index contributed by atoms with van der Waals surface area (Å²) in [6, 6.07) is 0. The Hall–Kier alpha value is -0.630. The normalized spacial score (nSPS) is 52.3. The molecule has 5 rings (SSSR count). The van der Waals surface area contributed by atoms with Crippen molar-refractivity contribution in [1.29, 1.82) is 0 Å². The lowest BCUT2D eigenvalue weighted by Gasteiger charge is -2.63. The smallest absolute Gasteiger partial charge is 0.145 e. The van der Waals surface area contributed by atoms with Crippen LogP contribution in [0.15, 0.2) is 11.6 Å². The number of aliphatic hydroxyl groups is 1. The van der Waals surface area contributed by atoms with E-state index in [1.54, 1.807) is 0 Å². The topological polar surface area (TPSA) is 37.3 Å². The summed E-state index contributed by atoms with van der Waals surface area (Å²) >= 11 is 0. The van der Waals surface area contributed by atoms with Crippen molar-refractivity contribution in [2.75, 3.05) is 0 Å². The maximum atomic E-state index is 11.0. The first-order chi connectivity index (χ1) is 15.0. The fourth-order valence-electron chi connectivity index (χ4n) is 11.1. The van der Waals surface area contributed by atoms with E-state index in [1.807, 2.05) is 6.92 Å². The van der Waals surface area contributed by atoms with Gasteiger partial charge in [0.15, 0.2) is 0 Å². The van der Waals surface area contributed by atoms with Crippen LogP contribution in [0, 0.1) is 50.7 Å². The van der Waals surface area contributed by atoms with Gasteiger partial charge in [0.2, 0.25) is 0 Å². The molecule has 2 spiro atoms. The Morgan fingerprint density at radius 3 is 2.34 bits per heavy atom. The Morgan fingerprint density at radius 1 is 0.938 bits per heavy atom. The van der Waals surface area contributed by atoms with Crippen LogP contribution < -0.4 is 0 Å². The van der Waals surface area contributed by atoms with E-state index in [9.17, 15) is 9.90 Å². The van der Waals surface area contributed by atoms with Crippen molar-refractivity contribution >= 4 is 6.29 Å². The molecule has 2 nitrogen and oxygen atoms in total. The quantitative estimate of drug-likeness (QED) is 0.358. The van der Waals surface area contributed by atoms with E-state index in [4.69, 9.17) is 0 Å². The van der Waals surface area contributed by atoms with Crippen molar-refractivity contribution in [3.63, 3.8) is 0 Å². The summed E-state index contributed by atoms with van der Waals surface area (Å²) in [5.74, 6) is 3.18. The van der Waals surface area contributed by atoms with E-state index in [0.29, 0.717) is 21.7 Å². The standard InChI is InChI=1S/C30H48O2/c1-20(18-31)8-7-9-21(2)22-12-14-28(6)24-11-10-23-26(3,4)25(32)13-15-29(23)19-30(24,29)17-16-27(22,28)5/h8,18,21-25,32H,7,9-17,19H2,1-6H3/b20-8+/t21-,22-,23+,24+,25+,27-,28+,29-,30+/m1/s1. The predicted octanol–water partition coefficient (Wildman–Crippen LogP) is 7.35. The zero-order valence-electron chi connectivity index (χ0n) is 21.7. The third-order valence-corrected chi connectivity index (χ3v) is 13.1. The molecule has 5 saturated carbocycles. The number of aldehydes is 1. The molecule has 1 N–H and O–H groups in total. The van der Waals surface area contributed by atoms with Gasteiger partial charge in [-0.25, -0.2) is 0 Å². The first kappa shape index (κ1) is 23.1. The number of allylic oxidation sites excluding steroid dienone is 2. The van der Waals surface area contributed by atoms with Crippen LogP contribution in [-0.4, -0.2) is 17.5 Å². The second-order valence-electron chi connectivity index (χ2n) is 14.1. The zero-order valence-corrected chi connectivity index (χ0v) is 21.7. The lowest BCUT2D eigenvalue weighted by Crippen LogP contribution is -2.57. The van der Waals surface area contributed by atoms with Gasteiger partial charge < -0.3 is 5.11 Å². The molecule has 2 heteroatoms. The molecule has 0 amide bonds. The minimum Gasteiger partial charge on any atom is -0.393 e. The van der Waals surface area contributed by atoms with Crippen molar-refractivity contribution in [2.45, 2.75) is 118 Å². The number of aliphatic hydroxyl groups excluding tert-OH is 1. The summed E-state index contributed by atoms with van der Waals surface area (Å²) in [5.41, 5.74) is 3.05. The number of fused-ring (bicyclic) bond motifs is 2. The van der Waals surface area contributed by atoms with Gasteiger partial charge in [0, 0.05) is 0 Å². The molecule has 0 saturated heterocycles. The molecular formula is C30H48O2. The number of hydrogen-bond acceptors (Lipinski definition) is 2. The third kappa shape index (κ3) is 2.71. The zero-order chi connectivity index (χ0) is 23.2. The van der Waals surface area contributed by atoms with Crippen LogP contribution in [0.2, 0.25) is 0 Å². The van der Waals surface area contributed by atoms with Crippen molar-refractivity contribution < 1.29 is 9.90 Å². The maximum absolute atomic E-state index is 11.0. The second-order valence-corrected chi connectivity index (χ2v) is 14.1. The van der Waals surface area contributed by atoms with Gasteiger partial charge in [-0.1, -0.05) is 40.7 Å². The molecule has 32 heavy (non-hydrogen) atoms. The highest BCUT2D eigenvalue weighted by atomic mass is 16.3. The lowest BCUT2D eigenvalue weighted by atomic mass is 9.41. The summed E-state index contributed by atoms with van der Waals surface area (Å²) in [6.07, 6.45) is 17.5. The van der Waals surface area contributed by atoms with Gasteiger partial charge in [0.25, 0.3) is 0 Å². The number of carbonyl (C=O) groups excluding carboxylic acids is 1. The van der Waals surface area contributed by atoms with E-state index >= 15 is 0 Å². The molecule has 5 aliphatic carbocycles. The van der Waals surface area contributed by atoms with E-state index < -0.39 is 0 Å². The summed E-state index contributed by atoms with van der Waals surface area (Å²) in [6.45, 7) is 14.6. The summed E-state index contributed by atoms with van der Waals surface area (Å²) in [5, 5.41) is 10.8. The van der Waals surface area contributed by atoms with Crippen molar-refractivity contribution in [1.82, 2.24) is 0 Å². The second kappa shape index (κ2) is 7.19. The fourth-order valence-corrected chi connectivity index (χ4v) is 11.1. The maximum Gasteiger partial charge on any atom is 0.145 e. The van der Waals surface area contributed by atoms with Crippen LogP contribution >= 0.6 is 0 Å². The fraction of sp³-hybridized carbons (Fsp3) is 0.900. The average Bonchev–Trinajstić information content (AvgIpc) is 3.33. The largest absolute Gasteiger partial charge is 0.393 e. The molecule has 0 heterocycles. The molecule has 0 aliphatic heterocycles.